The first-order chi connectivity index (χ1) is 11.9. The van der Waals surface area contributed by atoms with Crippen molar-refractivity contribution in [3.8, 4) is 5.75 Å². The lowest BCUT2D eigenvalue weighted by molar-refractivity contribution is -0.0498. The quantitative estimate of drug-likeness (QED) is 0.566. The van der Waals surface area contributed by atoms with Gasteiger partial charge in [0.15, 0.2) is 12.4 Å². The van der Waals surface area contributed by atoms with Crippen molar-refractivity contribution in [3.05, 3.63) is 59.7 Å². The zero-order valence-corrected chi connectivity index (χ0v) is 13.7. The fourth-order valence-corrected chi connectivity index (χ4v) is 2.03. The third-order valence-electron chi connectivity index (χ3n) is 3.33. The lowest BCUT2D eigenvalue weighted by atomic mass is 10.1. The van der Waals surface area contributed by atoms with Crippen LogP contribution in [-0.4, -0.2) is 39.1 Å². The Kier molecular flexibility index (Phi) is 6.05. The molecule has 0 bridgehead atoms. The first-order valence-electron chi connectivity index (χ1n) is 7.39. The largest absolute Gasteiger partial charge is 0.454 e. The number of ether oxygens (including phenoxy) is 2. The van der Waals surface area contributed by atoms with Crippen LogP contribution in [0.1, 0.15) is 20.7 Å². The van der Waals surface area contributed by atoms with Gasteiger partial charge in [0.25, 0.3) is 0 Å². The minimum Gasteiger partial charge on any atom is -0.454 e. The zero-order chi connectivity index (χ0) is 18.4. The summed E-state index contributed by atoms with van der Waals surface area (Å²) in [4.78, 5) is 25.9. The van der Waals surface area contributed by atoms with E-state index in [1.165, 1.54) is 24.3 Å². The number of hydrogen-bond donors (Lipinski definition) is 0. The molecule has 2 aromatic carbocycles. The molecule has 0 aliphatic rings. The molecular weight excluding hydrogens is 332 g/mol. The van der Waals surface area contributed by atoms with Crippen molar-refractivity contribution >= 4 is 17.4 Å². The van der Waals surface area contributed by atoms with E-state index in [0.29, 0.717) is 5.56 Å². The number of esters is 1. The van der Waals surface area contributed by atoms with E-state index in [-0.39, 0.29) is 11.3 Å². The van der Waals surface area contributed by atoms with Gasteiger partial charge >= 0.3 is 12.6 Å². The van der Waals surface area contributed by atoms with Gasteiger partial charge in [-0.3, -0.25) is 4.79 Å². The summed E-state index contributed by atoms with van der Waals surface area (Å²) in [5.74, 6) is -1.11. The molecule has 0 amide bonds. The fourth-order valence-electron chi connectivity index (χ4n) is 2.03. The van der Waals surface area contributed by atoms with Gasteiger partial charge in [0, 0.05) is 25.3 Å². The van der Waals surface area contributed by atoms with Crippen molar-refractivity contribution in [1.82, 2.24) is 0 Å². The van der Waals surface area contributed by atoms with Gasteiger partial charge < -0.3 is 14.4 Å². The first kappa shape index (κ1) is 18.4. The van der Waals surface area contributed by atoms with Crippen molar-refractivity contribution in [1.29, 1.82) is 0 Å². The number of hydrogen-bond acceptors (Lipinski definition) is 5. The Morgan fingerprint density at radius 1 is 1.04 bits per heavy atom. The number of carbonyl (C=O) groups is 2. The van der Waals surface area contributed by atoms with Crippen LogP contribution in [0.5, 0.6) is 5.75 Å². The predicted octanol–water partition coefficient (Wildman–Crippen LogP) is 3.39. The van der Waals surface area contributed by atoms with E-state index in [2.05, 4.69) is 4.74 Å². The van der Waals surface area contributed by atoms with Gasteiger partial charge in [0.05, 0.1) is 5.56 Å². The van der Waals surface area contributed by atoms with Gasteiger partial charge in [-0.1, -0.05) is 6.07 Å². The molecule has 7 heteroatoms. The summed E-state index contributed by atoms with van der Waals surface area (Å²) in [7, 11) is 3.69. The molecule has 5 nitrogen and oxygen atoms in total. The number of anilines is 1. The number of nitrogens with zero attached hydrogens (tertiary/aromatic N) is 1. The maximum atomic E-state index is 12.1. The molecule has 0 saturated heterocycles. The molecule has 0 unspecified atom stereocenters. The van der Waals surface area contributed by atoms with Crippen LogP contribution in [0.3, 0.4) is 0 Å². The number of alkyl halides is 2. The summed E-state index contributed by atoms with van der Waals surface area (Å²) in [5, 5.41) is 0. The van der Waals surface area contributed by atoms with Crippen LogP contribution in [0.2, 0.25) is 0 Å². The smallest absolute Gasteiger partial charge is 0.387 e. The summed E-state index contributed by atoms with van der Waals surface area (Å²) < 4.78 is 33.4. The standard InChI is InChI=1S/C18H17F2NO4/c1-21(2)14-5-3-4-13(10-14)17(23)24-11-16(22)12-6-8-15(9-7-12)25-18(19)20/h3-10,18H,11H2,1-2H3. The normalized spacial score (nSPS) is 10.4. The highest BCUT2D eigenvalue weighted by Gasteiger charge is 2.13. The average Bonchev–Trinajstić information content (AvgIpc) is 2.59. The first-order valence-corrected chi connectivity index (χ1v) is 7.39. The minimum atomic E-state index is -2.93. The summed E-state index contributed by atoms with van der Waals surface area (Å²) in [6.45, 7) is -3.37. The molecule has 25 heavy (non-hydrogen) atoms. The Morgan fingerprint density at radius 2 is 1.72 bits per heavy atom. The molecule has 0 heterocycles. The molecule has 0 saturated carbocycles. The number of benzene rings is 2. The predicted molar refractivity (Wildman–Crippen MR) is 88.5 cm³/mol. The van der Waals surface area contributed by atoms with Crippen molar-refractivity contribution < 1.29 is 27.8 Å². The van der Waals surface area contributed by atoms with Crippen LogP contribution in [0, 0.1) is 0 Å². The van der Waals surface area contributed by atoms with E-state index in [9.17, 15) is 18.4 Å². The van der Waals surface area contributed by atoms with Crippen LogP contribution < -0.4 is 9.64 Å². The lowest BCUT2D eigenvalue weighted by Gasteiger charge is -2.13. The minimum absolute atomic E-state index is 0.0518. The molecular formula is C18H17F2NO4. The van der Waals surface area contributed by atoms with Crippen LogP contribution in [-0.2, 0) is 4.74 Å². The van der Waals surface area contributed by atoms with Gasteiger partial charge in [0.1, 0.15) is 5.75 Å². The Hall–Kier alpha value is -2.96. The van der Waals surface area contributed by atoms with Crippen LogP contribution >= 0.6 is 0 Å². The van der Waals surface area contributed by atoms with E-state index in [0.717, 1.165) is 5.69 Å². The SMILES string of the molecule is CN(C)c1cccc(C(=O)OCC(=O)c2ccc(OC(F)F)cc2)c1. The number of halogens is 2. The number of Topliss-reactive ketones (excluding diaryl/α,β-unsaturated/α-hetero) is 1. The molecule has 0 N–H and O–H groups in total. The second kappa shape index (κ2) is 8.23. The van der Waals surface area contributed by atoms with Crippen molar-refractivity contribution in [2.45, 2.75) is 6.61 Å². The highest BCUT2D eigenvalue weighted by Crippen LogP contribution is 2.16. The molecule has 132 valence electrons. The maximum absolute atomic E-state index is 12.1. The van der Waals surface area contributed by atoms with Gasteiger partial charge in [-0.15, -0.1) is 0 Å². The average molecular weight is 349 g/mol. The third kappa shape index (κ3) is 5.27. The zero-order valence-electron chi connectivity index (χ0n) is 13.7. The number of rotatable bonds is 7. The highest BCUT2D eigenvalue weighted by atomic mass is 19.3. The van der Waals surface area contributed by atoms with Crippen molar-refractivity contribution in [2.75, 3.05) is 25.6 Å². The lowest BCUT2D eigenvalue weighted by Crippen LogP contribution is -2.15. The van der Waals surface area contributed by atoms with Crippen LogP contribution in [0.15, 0.2) is 48.5 Å². The number of carbonyl (C=O) groups excluding carboxylic acids is 2. The van der Waals surface area contributed by atoms with E-state index in [4.69, 9.17) is 4.74 Å². The highest BCUT2D eigenvalue weighted by molar-refractivity contribution is 5.99. The molecule has 0 aliphatic carbocycles. The topological polar surface area (TPSA) is 55.8 Å². The van der Waals surface area contributed by atoms with E-state index in [1.54, 1.807) is 18.2 Å². The molecule has 0 aromatic heterocycles. The van der Waals surface area contributed by atoms with Gasteiger partial charge in [-0.05, 0) is 42.5 Å². The molecule has 0 atom stereocenters. The van der Waals surface area contributed by atoms with E-state index >= 15 is 0 Å². The van der Waals surface area contributed by atoms with Gasteiger partial charge in [0.2, 0.25) is 0 Å². The maximum Gasteiger partial charge on any atom is 0.387 e. The third-order valence-corrected chi connectivity index (χ3v) is 3.33. The van der Waals surface area contributed by atoms with Crippen molar-refractivity contribution in [3.63, 3.8) is 0 Å². The summed E-state index contributed by atoms with van der Waals surface area (Å²) in [5.41, 5.74) is 1.39. The number of ketones is 1. The Morgan fingerprint density at radius 3 is 2.32 bits per heavy atom. The Bertz CT molecular complexity index is 745. The van der Waals surface area contributed by atoms with Crippen LogP contribution in [0.4, 0.5) is 14.5 Å². The fraction of sp³-hybridized carbons (Fsp3) is 0.222. The van der Waals surface area contributed by atoms with Crippen molar-refractivity contribution in [2.24, 2.45) is 0 Å². The van der Waals surface area contributed by atoms with E-state index in [1.807, 2.05) is 25.1 Å². The van der Waals surface area contributed by atoms with Gasteiger partial charge in [-0.2, -0.15) is 8.78 Å². The monoisotopic (exact) mass is 349 g/mol. The molecule has 0 aliphatic heterocycles. The van der Waals surface area contributed by atoms with E-state index < -0.39 is 25.0 Å². The molecule has 0 fully saturated rings. The molecule has 2 rings (SSSR count). The second-order valence-corrected chi connectivity index (χ2v) is 5.35. The van der Waals surface area contributed by atoms with Gasteiger partial charge in [-0.25, -0.2) is 4.79 Å². The Labute approximate surface area is 143 Å². The van der Waals surface area contributed by atoms with Crippen LogP contribution in [0.25, 0.3) is 0 Å². The summed E-state index contributed by atoms with van der Waals surface area (Å²) >= 11 is 0. The second-order valence-electron chi connectivity index (χ2n) is 5.35. The Balaban J connectivity index is 1.95. The molecule has 0 spiro atoms. The molecule has 0 radical (unpaired) electrons. The summed E-state index contributed by atoms with van der Waals surface area (Å²) in [6.07, 6.45) is 0. The summed E-state index contributed by atoms with van der Waals surface area (Å²) in [6, 6.07) is 12.0. The molecule has 2 aromatic rings.